The van der Waals surface area contributed by atoms with Crippen LogP contribution in [0.1, 0.15) is 12.5 Å². The van der Waals surface area contributed by atoms with Gasteiger partial charge in [-0.05, 0) is 36.2 Å². The van der Waals surface area contributed by atoms with Gasteiger partial charge in [-0.2, -0.15) is 0 Å². The third kappa shape index (κ3) is 4.00. The molecular weight excluding hydrogens is 272 g/mol. The van der Waals surface area contributed by atoms with Crippen molar-refractivity contribution in [1.29, 1.82) is 0 Å². The summed E-state index contributed by atoms with van der Waals surface area (Å²) in [5.41, 5.74) is 2.77. The first-order valence-corrected chi connectivity index (χ1v) is 6.94. The highest BCUT2D eigenvalue weighted by atomic mass is 35.5. The van der Waals surface area contributed by atoms with Crippen LogP contribution in [-0.2, 0) is 11.2 Å². The zero-order chi connectivity index (χ0) is 14.4. The van der Waals surface area contributed by atoms with Crippen LogP contribution in [0.25, 0.3) is 0 Å². The van der Waals surface area contributed by atoms with E-state index in [0.29, 0.717) is 5.02 Å². The molecule has 104 valence electrons. The van der Waals surface area contributed by atoms with E-state index in [9.17, 15) is 4.79 Å². The van der Waals surface area contributed by atoms with E-state index in [1.54, 1.807) is 6.07 Å². The number of benzene rings is 2. The summed E-state index contributed by atoms with van der Waals surface area (Å²) in [5, 5.41) is 6.48. The molecule has 0 atom stereocenters. The van der Waals surface area contributed by atoms with Crippen LogP contribution in [0, 0.1) is 0 Å². The summed E-state index contributed by atoms with van der Waals surface area (Å²) >= 11 is 6.01. The lowest BCUT2D eigenvalue weighted by atomic mass is 10.1. The number of para-hydroxylation sites is 1. The first-order chi connectivity index (χ1) is 9.69. The number of halogens is 1. The molecule has 2 aromatic carbocycles. The first kappa shape index (κ1) is 14.4. The van der Waals surface area contributed by atoms with Crippen LogP contribution in [0.15, 0.2) is 48.5 Å². The third-order valence-corrected chi connectivity index (χ3v) is 3.26. The van der Waals surface area contributed by atoms with E-state index in [-0.39, 0.29) is 12.5 Å². The maximum absolute atomic E-state index is 11.9. The normalized spacial score (nSPS) is 10.1. The van der Waals surface area contributed by atoms with Gasteiger partial charge >= 0.3 is 0 Å². The maximum atomic E-state index is 11.9. The van der Waals surface area contributed by atoms with Crippen LogP contribution in [0.3, 0.4) is 0 Å². The molecule has 0 unspecified atom stereocenters. The van der Waals surface area contributed by atoms with Gasteiger partial charge < -0.3 is 10.6 Å². The van der Waals surface area contributed by atoms with E-state index in [1.807, 2.05) is 42.5 Å². The minimum atomic E-state index is -0.0989. The lowest BCUT2D eigenvalue weighted by Gasteiger charge is -2.09. The Balaban J connectivity index is 1.91. The van der Waals surface area contributed by atoms with Crippen LogP contribution in [0.5, 0.6) is 0 Å². The number of aryl methyl sites for hydroxylation is 1. The van der Waals surface area contributed by atoms with E-state index >= 15 is 0 Å². The quantitative estimate of drug-likeness (QED) is 0.874. The van der Waals surface area contributed by atoms with Gasteiger partial charge in [-0.25, -0.2) is 0 Å². The molecule has 3 nitrogen and oxygen atoms in total. The van der Waals surface area contributed by atoms with Gasteiger partial charge in [0.2, 0.25) is 5.91 Å². The molecule has 0 fully saturated rings. The number of anilines is 2. The minimum absolute atomic E-state index is 0.0989. The van der Waals surface area contributed by atoms with Crippen LogP contribution in [0.4, 0.5) is 11.4 Å². The molecule has 0 saturated heterocycles. The van der Waals surface area contributed by atoms with Crippen molar-refractivity contribution >= 4 is 28.9 Å². The van der Waals surface area contributed by atoms with Crippen LogP contribution >= 0.6 is 11.6 Å². The Labute approximate surface area is 124 Å². The molecule has 0 aliphatic carbocycles. The molecule has 2 N–H and O–H groups in total. The Hall–Kier alpha value is -2.00. The summed E-state index contributed by atoms with van der Waals surface area (Å²) in [4.78, 5) is 11.9. The van der Waals surface area contributed by atoms with Crippen molar-refractivity contribution < 1.29 is 4.79 Å². The number of amides is 1. The summed E-state index contributed by atoms with van der Waals surface area (Å²) in [6, 6.07) is 15.2. The largest absolute Gasteiger partial charge is 0.375 e. The molecule has 0 heterocycles. The van der Waals surface area contributed by atoms with Gasteiger partial charge in [0.25, 0.3) is 0 Å². The summed E-state index contributed by atoms with van der Waals surface area (Å²) in [6.07, 6.45) is 0.946. The highest BCUT2D eigenvalue weighted by molar-refractivity contribution is 6.33. The van der Waals surface area contributed by atoms with Gasteiger partial charge in [0.15, 0.2) is 0 Å². The average Bonchev–Trinajstić information content (AvgIpc) is 2.46. The molecule has 2 rings (SSSR count). The molecule has 20 heavy (non-hydrogen) atoms. The lowest BCUT2D eigenvalue weighted by molar-refractivity contribution is -0.114. The number of rotatable bonds is 5. The SMILES string of the molecule is CCc1cccc(NC(=O)CNc2ccccc2Cl)c1. The molecule has 0 aromatic heterocycles. The topological polar surface area (TPSA) is 41.1 Å². The van der Waals surface area contributed by atoms with Crippen molar-refractivity contribution in [2.24, 2.45) is 0 Å². The van der Waals surface area contributed by atoms with Crippen LogP contribution in [0.2, 0.25) is 5.02 Å². The predicted octanol–water partition coefficient (Wildman–Crippen LogP) is 3.95. The Kier molecular flexibility index (Phi) is 5.02. The fourth-order valence-electron chi connectivity index (χ4n) is 1.85. The Bertz CT molecular complexity index is 599. The molecule has 4 heteroatoms. The summed E-state index contributed by atoms with van der Waals surface area (Å²) in [6.45, 7) is 2.26. The molecule has 0 saturated carbocycles. The molecule has 2 aromatic rings. The molecule has 0 spiro atoms. The molecule has 1 amide bonds. The van der Waals surface area contributed by atoms with E-state index in [4.69, 9.17) is 11.6 Å². The maximum Gasteiger partial charge on any atom is 0.243 e. The predicted molar refractivity (Wildman–Crippen MR) is 84.4 cm³/mol. The van der Waals surface area contributed by atoms with Gasteiger partial charge in [-0.1, -0.05) is 42.8 Å². The van der Waals surface area contributed by atoms with E-state index in [1.165, 1.54) is 5.56 Å². The van der Waals surface area contributed by atoms with Crippen molar-refractivity contribution in [2.75, 3.05) is 17.2 Å². The molecular formula is C16H17ClN2O. The number of carbonyl (C=O) groups is 1. The van der Waals surface area contributed by atoms with Crippen molar-refractivity contribution in [3.05, 3.63) is 59.1 Å². The Morgan fingerprint density at radius 3 is 2.70 bits per heavy atom. The second-order valence-corrected chi connectivity index (χ2v) is 4.84. The smallest absolute Gasteiger partial charge is 0.243 e. The first-order valence-electron chi connectivity index (χ1n) is 6.56. The molecule has 0 radical (unpaired) electrons. The zero-order valence-electron chi connectivity index (χ0n) is 11.3. The molecule has 0 bridgehead atoms. The van der Waals surface area contributed by atoms with Crippen molar-refractivity contribution in [2.45, 2.75) is 13.3 Å². The summed E-state index contributed by atoms with van der Waals surface area (Å²) in [7, 11) is 0. The van der Waals surface area contributed by atoms with Crippen molar-refractivity contribution in [1.82, 2.24) is 0 Å². The summed E-state index contributed by atoms with van der Waals surface area (Å²) in [5.74, 6) is -0.0989. The van der Waals surface area contributed by atoms with Crippen molar-refractivity contribution in [3.63, 3.8) is 0 Å². The van der Waals surface area contributed by atoms with Crippen LogP contribution in [-0.4, -0.2) is 12.5 Å². The summed E-state index contributed by atoms with van der Waals surface area (Å²) < 4.78 is 0. The minimum Gasteiger partial charge on any atom is -0.375 e. The fraction of sp³-hybridized carbons (Fsp3) is 0.188. The Morgan fingerprint density at radius 2 is 1.95 bits per heavy atom. The standard InChI is InChI=1S/C16H17ClN2O/c1-2-12-6-5-7-13(10-12)19-16(20)11-18-15-9-4-3-8-14(15)17/h3-10,18H,2,11H2,1H3,(H,19,20). The van der Waals surface area contributed by atoms with E-state index in [2.05, 4.69) is 17.6 Å². The van der Waals surface area contributed by atoms with Crippen molar-refractivity contribution in [3.8, 4) is 0 Å². The number of carbonyl (C=O) groups excluding carboxylic acids is 1. The van der Waals surface area contributed by atoms with Gasteiger partial charge in [-0.3, -0.25) is 4.79 Å². The highest BCUT2D eigenvalue weighted by Crippen LogP contribution is 2.20. The molecule has 0 aliphatic heterocycles. The highest BCUT2D eigenvalue weighted by Gasteiger charge is 2.04. The third-order valence-electron chi connectivity index (χ3n) is 2.93. The zero-order valence-corrected chi connectivity index (χ0v) is 12.1. The Morgan fingerprint density at radius 1 is 1.15 bits per heavy atom. The lowest BCUT2D eigenvalue weighted by Crippen LogP contribution is -2.21. The average molecular weight is 289 g/mol. The van der Waals surface area contributed by atoms with Gasteiger partial charge in [0.05, 0.1) is 17.3 Å². The van der Waals surface area contributed by atoms with Gasteiger partial charge in [0.1, 0.15) is 0 Å². The fourth-order valence-corrected chi connectivity index (χ4v) is 2.06. The second-order valence-electron chi connectivity index (χ2n) is 4.44. The number of nitrogens with one attached hydrogen (secondary N) is 2. The van der Waals surface area contributed by atoms with E-state index < -0.39 is 0 Å². The number of hydrogen-bond acceptors (Lipinski definition) is 2. The number of hydrogen-bond donors (Lipinski definition) is 2. The monoisotopic (exact) mass is 288 g/mol. The van der Waals surface area contributed by atoms with Crippen LogP contribution < -0.4 is 10.6 Å². The van der Waals surface area contributed by atoms with E-state index in [0.717, 1.165) is 17.8 Å². The molecule has 0 aliphatic rings. The second kappa shape index (κ2) is 6.96. The van der Waals surface area contributed by atoms with Gasteiger partial charge in [-0.15, -0.1) is 0 Å². The van der Waals surface area contributed by atoms with Gasteiger partial charge in [0, 0.05) is 5.69 Å².